The largest absolute Gasteiger partial charge is 0.378 e. The van der Waals surface area contributed by atoms with E-state index in [1.807, 2.05) is 31.1 Å². The standard InChI is InChI=1S/C19H24FN3O3S/c1-22(2)16-8-10-17(11-9-16)23(27(3,25)26)13-12-19(24)21-14-15-6-4-5-7-18(15)20/h4-11H,12-14H2,1-3H3,(H,21,24). The first-order valence-electron chi connectivity index (χ1n) is 8.43. The first-order valence-corrected chi connectivity index (χ1v) is 10.3. The Bertz CT molecular complexity index is 883. The van der Waals surface area contributed by atoms with E-state index in [-0.39, 0.29) is 25.4 Å². The van der Waals surface area contributed by atoms with Crippen molar-refractivity contribution in [2.75, 3.05) is 36.1 Å². The lowest BCUT2D eigenvalue weighted by Crippen LogP contribution is -2.34. The van der Waals surface area contributed by atoms with Crippen molar-refractivity contribution in [3.8, 4) is 0 Å². The van der Waals surface area contributed by atoms with E-state index < -0.39 is 15.8 Å². The van der Waals surface area contributed by atoms with Gasteiger partial charge in [-0.2, -0.15) is 0 Å². The molecule has 0 saturated carbocycles. The van der Waals surface area contributed by atoms with Crippen molar-refractivity contribution in [2.45, 2.75) is 13.0 Å². The van der Waals surface area contributed by atoms with Crippen LogP contribution in [0.4, 0.5) is 15.8 Å². The number of halogens is 1. The number of nitrogens with one attached hydrogen (secondary N) is 1. The lowest BCUT2D eigenvalue weighted by molar-refractivity contribution is -0.121. The van der Waals surface area contributed by atoms with Crippen LogP contribution in [0.2, 0.25) is 0 Å². The van der Waals surface area contributed by atoms with Crippen molar-refractivity contribution in [1.82, 2.24) is 5.32 Å². The number of hydrogen-bond donors (Lipinski definition) is 1. The number of nitrogens with zero attached hydrogens (tertiary/aromatic N) is 2. The Balaban J connectivity index is 2.00. The molecule has 1 amide bonds. The molecular weight excluding hydrogens is 369 g/mol. The molecule has 27 heavy (non-hydrogen) atoms. The summed E-state index contributed by atoms with van der Waals surface area (Å²) in [6, 6.07) is 13.2. The molecule has 0 unspecified atom stereocenters. The van der Waals surface area contributed by atoms with Gasteiger partial charge in [0.2, 0.25) is 15.9 Å². The minimum absolute atomic E-state index is 0.00322. The van der Waals surface area contributed by atoms with E-state index in [1.54, 1.807) is 30.3 Å². The Morgan fingerprint density at radius 1 is 1.04 bits per heavy atom. The van der Waals surface area contributed by atoms with Crippen LogP contribution in [0.25, 0.3) is 0 Å². The van der Waals surface area contributed by atoms with Gasteiger partial charge >= 0.3 is 0 Å². The average Bonchev–Trinajstić information content (AvgIpc) is 2.60. The quantitative estimate of drug-likeness (QED) is 0.748. The Kier molecular flexibility index (Phi) is 6.79. The van der Waals surface area contributed by atoms with Gasteiger partial charge in [-0.15, -0.1) is 0 Å². The van der Waals surface area contributed by atoms with Crippen molar-refractivity contribution >= 4 is 27.3 Å². The number of anilines is 2. The Morgan fingerprint density at radius 2 is 1.63 bits per heavy atom. The zero-order chi connectivity index (χ0) is 20.0. The van der Waals surface area contributed by atoms with Crippen molar-refractivity contribution in [3.63, 3.8) is 0 Å². The molecule has 0 fully saturated rings. The summed E-state index contributed by atoms with van der Waals surface area (Å²) in [7, 11) is 0.243. The fourth-order valence-corrected chi connectivity index (χ4v) is 3.46. The minimum Gasteiger partial charge on any atom is -0.378 e. The molecule has 0 aliphatic heterocycles. The monoisotopic (exact) mass is 393 g/mol. The van der Waals surface area contributed by atoms with Crippen LogP contribution in [-0.4, -0.2) is 41.2 Å². The summed E-state index contributed by atoms with van der Waals surface area (Å²) in [6.45, 7) is 0.0607. The first-order chi connectivity index (χ1) is 12.7. The highest BCUT2D eigenvalue weighted by atomic mass is 32.2. The number of carbonyl (C=O) groups excluding carboxylic acids is 1. The van der Waals surface area contributed by atoms with Gasteiger partial charge in [0.25, 0.3) is 0 Å². The normalized spacial score (nSPS) is 11.1. The second-order valence-corrected chi connectivity index (χ2v) is 8.27. The zero-order valence-electron chi connectivity index (χ0n) is 15.6. The fourth-order valence-electron chi connectivity index (χ4n) is 2.53. The third-order valence-electron chi connectivity index (χ3n) is 4.03. The van der Waals surface area contributed by atoms with Crippen LogP contribution >= 0.6 is 0 Å². The summed E-state index contributed by atoms with van der Waals surface area (Å²) >= 11 is 0. The van der Waals surface area contributed by atoms with Crippen LogP contribution in [0.5, 0.6) is 0 Å². The lowest BCUT2D eigenvalue weighted by atomic mass is 10.2. The van der Waals surface area contributed by atoms with E-state index in [9.17, 15) is 17.6 Å². The Hall–Kier alpha value is -2.61. The molecule has 0 aliphatic carbocycles. The maximum Gasteiger partial charge on any atom is 0.232 e. The second-order valence-electron chi connectivity index (χ2n) is 6.36. The van der Waals surface area contributed by atoms with Gasteiger partial charge in [-0.1, -0.05) is 18.2 Å². The molecule has 0 atom stereocenters. The predicted molar refractivity (Wildman–Crippen MR) is 106 cm³/mol. The second kappa shape index (κ2) is 8.85. The van der Waals surface area contributed by atoms with E-state index in [4.69, 9.17) is 0 Å². The predicted octanol–water partition coefficient (Wildman–Crippen LogP) is 2.36. The van der Waals surface area contributed by atoms with Gasteiger partial charge < -0.3 is 10.2 Å². The molecule has 146 valence electrons. The van der Waals surface area contributed by atoms with E-state index in [0.29, 0.717) is 11.3 Å². The van der Waals surface area contributed by atoms with Crippen molar-refractivity contribution < 1.29 is 17.6 Å². The third kappa shape index (κ3) is 5.96. The van der Waals surface area contributed by atoms with Crippen LogP contribution in [0, 0.1) is 5.82 Å². The van der Waals surface area contributed by atoms with Gasteiger partial charge in [0, 0.05) is 44.9 Å². The molecule has 0 bridgehead atoms. The number of rotatable bonds is 8. The van der Waals surface area contributed by atoms with E-state index >= 15 is 0 Å². The first kappa shape index (κ1) is 20.7. The van der Waals surface area contributed by atoms with Crippen molar-refractivity contribution in [2.24, 2.45) is 0 Å². The van der Waals surface area contributed by atoms with Gasteiger partial charge in [-0.3, -0.25) is 9.10 Å². The van der Waals surface area contributed by atoms with Gasteiger partial charge in [0.1, 0.15) is 5.82 Å². The molecule has 0 heterocycles. The topological polar surface area (TPSA) is 69.7 Å². The molecule has 1 N–H and O–H groups in total. The Morgan fingerprint density at radius 3 is 2.19 bits per heavy atom. The number of carbonyl (C=O) groups is 1. The highest BCUT2D eigenvalue weighted by Gasteiger charge is 2.18. The summed E-state index contributed by atoms with van der Waals surface area (Å²) in [5, 5.41) is 2.62. The van der Waals surface area contributed by atoms with E-state index in [1.165, 1.54) is 10.4 Å². The summed E-state index contributed by atoms with van der Waals surface area (Å²) in [5.41, 5.74) is 1.81. The SMILES string of the molecule is CN(C)c1ccc(N(CCC(=O)NCc2ccccc2F)S(C)(=O)=O)cc1. The molecule has 2 rings (SSSR count). The fraction of sp³-hybridized carbons (Fsp3) is 0.316. The van der Waals surface area contributed by atoms with Crippen LogP contribution < -0.4 is 14.5 Å². The summed E-state index contributed by atoms with van der Waals surface area (Å²) in [4.78, 5) is 14.0. The molecule has 2 aromatic carbocycles. The highest BCUT2D eigenvalue weighted by Crippen LogP contribution is 2.21. The molecule has 0 saturated heterocycles. The maximum absolute atomic E-state index is 13.6. The molecule has 8 heteroatoms. The molecule has 0 aromatic heterocycles. The van der Waals surface area contributed by atoms with E-state index in [2.05, 4.69) is 5.32 Å². The van der Waals surface area contributed by atoms with Gasteiger partial charge in [-0.25, -0.2) is 12.8 Å². The lowest BCUT2D eigenvalue weighted by Gasteiger charge is -2.23. The molecule has 6 nitrogen and oxygen atoms in total. The van der Waals surface area contributed by atoms with Crippen LogP contribution in [0.3, 0.4) is 0 Å². The molecule has 0 aliphatic rings. The number of amides is 1. The third-order valence-corrected chi connectivity index (χ3v) is 5.22. The molecular formula is C19H24FN3O3S. The number of benzene rings is 2. The summed E-state index contributed by atoms with van der Waals surface area (Å²) in [5.74, 6) is -0.742. The van der Waals surface area contributed by atoms with Gasteiger partial charge in [0.05, 0.1) is 11.9 Å². The smallest absolute Gasteiger partial charge is 0.232 e. The average molecular weight is 393 g/mol. The Labute approximate surface area is 159 Å². The minimum atomic E-state index is -3.54. The number of sulfonamides is 1. The molecule has 2 aromatic rings. The maximum atomic E-state index is 13.6. The van der Waals surface area contributed by atoms with E-state index in [0.717, 1.165) is 11.9 Å². The molecule has 0 spiro atoms. The zero-order valence-corrected chi connectivity index (χ0v) is 16.5. The summed E-state index contributed by atoms with van der Waals surface area (Å²) < 4.78 is 39.0. The summed E-state index contributed by atoms with van der Waals surface area (Å²) in [6.07, 6.45) is 1.07. The van der Waals surface area contributed by atoms with Crippen molar-refractivity contribution in [3.05, 3.63) is 59.9 Å². The molecule has 0 radical (unpaired) electrons. The van der Waals surface area contributed by atoms with Crippen LogP contribution in [-0.2, 0) is 21.4 Å². The van der Waals surface area contributed by atoms with Gasteiger partial charge in [0.15, 0.2) is 0 Å². The van der Waals surface area contributed by atoms with Crippen LogP contribution in [0.1, 0.15) is 12.0 Å². The van der Waals surface area contributed by atoms with Crippen molar-refractivity contribution in [1.29, 1.82) is 0 Å². The highest BCUT2D eigenvalue weighted by molar-refractivity contribution is 7.92. The van der Waals surface area contributed by atoms with Crippen LogP contribution in [0.15, 0.2) is 48.5 Å². The van der Waals surface area contributed by atoms with Gasteiger partial charge in [-0.05, 0) is 30.3 Å². The number of hydrogen-bond acceptors (Lipinski definition) is 4.